The Hall–Kier alpha value is 0.120. The van der Waals surface area contributed by atoms with Crippen LogP contribution >= 0.6 is 0 Å². The first-order valence-corrected chi connectivity index (χ1v) is 5.48. The van der Waals surface area contributed by atoms with Crippen LogP contribution in [0.4, 0.5) is 0 Å². The monoisotopic (exact) mass is 245 g/mol. The molecule has 0 aromatic heterocycles. The fraction of sp³-hybridized carbons (Fsp3) is 0.625. The van der Waals surface area contributed by atoms with Crippen LogP contribution in [0.1, 0.15) is 20.8 Å². The summed E-state index contributed by atoms with van der Waals surface area (Å²) in [6.45, 7) is 7.97. The molecule has 2 N–H and O–H groups in total. The van der Waals surface area contributed by atoms with Crippen molar-refractivity contribution in [1.29, 1.82) is 0 Å². The minimum absolute atomic E-state index is 0. The van der Waals surface area contributed by atoms with E-state index in [0.717, 1.165) is 6.08 Å². The van der Waals surface area contributed by atoms with Crippen LogP contribution in [-0.4, -0.2) is 53.8 Å². The van der Waals surface area contributed by atoms with E-state index < -0.39 is 26.8 Å². The summed E-state index contributed by atoms with van der Waals surface area (Å²) in [5.41, 5.74) is -0.785. The van der Waals surface area contributed by atoms with E-state index in [1.54, 1.807) is 20.8 Å². The van der Waals surface area contributed by atoms with E-state index in [4.69, 9.17) is 4.55 Å². The van der Waals surface area contributed by atoms with Gasteiger partial charge in [-0.15, -0.1) is 0 Å². The van der Waals surface area contributed by atoms with Gasteiger partial charge in [-0.3, -0.25) is 9.35 Å². The molecule has 0 saturated carbocycles. The van der Waals surface area contributed by atoms with Gasteiger partial charge in [0.15, 0.2) is 5.37 Å². The van der Waals surface area contributed by atoms with Crippen molar-refractivity contribution >= 4 is 45.6 Å². The summed E-state index contributed by atoms with van der Waals surface area (Å²) in [7, 11) is -4.31. The van der Waals surface area contributed by atoms with Gasteiger partial charge in [-0.25, -0.2) is 0 Å². The average Bonchev–Trinajstić information content (AvgIpc) is 1.95. The van der Waals surface area contributed by atoms with Gasteiger partial charge in [-0.05, 0) is 11.5 Å². The third-order valence-electron chi connectivity index (χ3n) is 1.54. The molecule has 0 aromatic carbocycles. The van der Waals surface area contributed by atoms with E-state index in [0.29, 0.717) is 0 Å². The fourth-order valence-electron chi connectivity index (χ4n) is 0.926. The van der Waals surface area contributed by atoms with Gasteiger partial charge in [-0.1, -0.05) is 27.4 Å². The van der Waals surface area contributed by atoms with Crippen LogP contribution in [0.25, 0.3) is 0 Å². The number of carbonyl (C=O) groups is 1. The van der Waals surface area contributed by atoms with Gasteiger partial charge in [0.2, 0.25) is 5.91 Å². The number of rotatable bonds is 3. The molecule has 15 heavy (non-hydrogen) atoms. The zero-order valence-electron chi connectivity index (χ0n) is 8.44. The van der Waals surface area contributed by atoms with Gasteiger partial charge in [0, 0.05) is 0 Å². The van der Waals surface area contributed by atoms with Gasteiger partial charge in [0.25, 0.3) is 10.1 Å². The second kappa shape index (κ2) is 6.00. The molecule has 5 nitrogen and oxygen atoms in total. The maximum atomic E-state index is 10.9. The Labute approximate surface area is 112 Å². The van der Waals surface area contributed by atoms with E-state index in [-0.39, 0.29) is 29.6 Å². The molecule has 0 aliphatic rings. The quantitative estimate of drug-likeness (QED) is 0.413. The van der Waals surface area contributed by atoms with Crippen molar-refractivity contribution in [3.05, 3.63) is 12.7 Å². The van der Waals surface area contributed by atoms with Crippen LogP contribution in [0, 0.1) is 5.41 Å². The van der Waals surface area contributed by atoms with E-state index in [9.17, 15) is 13.2 Å². The molecule has 84 valence electrons. The second-order valence-corrected chi connectivity index (χ2v) is 5.48. The molecule has 1 amide bonds. The summed E-state index contributed by atoms with van der Waals surface area (Å²) in [5.74, 6) is -0.637. The molecule has 0 aliphatic carbocycles. The molecule has 0 aromatic rings. The SMILES string of the molecule is C=CC(=O)NC(C(C)(C)C)S(=O)(=O)O.[NaH]. The average molecular weight is 245 g/mol. The van der Waals surface area contributed by atoms with Gasteiger partial charge in [-0.2, -0.15) is 8.42 Å². The molecule has 0 radical (unpaired) electrons. The molecular weight excluding hydrogens is 229 g/mol. The first-order valence-electron chi connectivity index (χ1n) is 3.98. The van der Waals surface area contributed by atoms with Crippen LogP contribution in [-0.2, 0) is 14.9 Å². The van der Waals surface area contributed by atoms with E-state index >= 15 is 0 Å². The van der Waals surface area contributed by atoms with Gasteiger partial charge >= 0.3 is 29.6 Å². The minimum atomic E-state index is -4.31. The van der Waals surface area contributed by atoms with E-state index in [1.165, 1.54) is 0 Å². The van der Waals surface area contributed by atoms with E-state index in [1.807, 2.05) is 0 Å². The Morgan fingerprint density at radius 2 is 1.87 bits per heavy atom. The Morgan fingerprint density at radius 3 is 2.07 bits per heavy atom. The molecule has 7 heteroatoms. The maximum absolute atomic E-state index is 10.9. The third-order valence-corrected chi connectivity index (χ3v) is 2.96. The van der Waals surface area contributed by atoms with Crippen LogP contribution in [0.2, 0.25) is 0 Å². The Kier molecular flexibility index (Phi) is 7.01. The molecule has 1 unspecified atom stereocenters. The zero-order valence-corrected chi connectivity index (χ0v) is 9.26. The van der Waals surface area contributed by atoms with Crippen molar-refractivity contribution in [2.45, 2.75) is 26.1 Å². The Bertz CT molecular complexity index is 331. The zero-order chi connectivity index (χ0) is 11.6. The standard InChI is InChI=1S/C8H15NO4S.Na.H/c1-5-6(10)9-7(8(2,3)4)14(11,12)13;;/h5,7H,1H2,2-4H3,(H,9,10)(H,11,12,13);;. The molecule has 1 atom stereocenters. The summed E-state index contributed by atoms with van der Waals surface area (Å²) in [5, 5.41) is 0.819. The molecule has 0 rings (SSSR count). The molecule has 0 saturated heterocycles. The second-order valence-electron chi connectivity index (χ2n) is 3.97. The molecule has 0 spiro atoms. The van der Waals surface area contributed by atoms with Crippen LogP contribution in [0.5, 0.6) is 0 Å². The number of hydrogen-bond donors (Lipinski definition) is 2. The van der Waals surface area contributed by atoms with Gasteiger partial charge in [0.05, 0.1) is 0 Å². The summed E-state index contributed by atoms with van der Waals surface area (Å²) < 4.78 is 30.8. The van der Waals surface area contributed by atoms with Crippen molar-refractivity contribution in [3.63, 3.8) is 0 Å². The topological polar surface area (TPSA) is 83.5 Å². The fourth-order valence-corrected chi connectivity index (χ4v) is 2.08. The van der Waals surface area contributed by atoms with Crippen LogP contribution in [0.3, 0.4) is 0 Å². The van der Waals surface area contributed by atoms with Crippen LogP contribution < -0.4 is 5.32 Å². The summed E-state index contributed by atoms with van der Waals surface area (Å²) >= 11 is 0. The van der Waals surface area contributed by atoms with Crippen molar-refractivity contribution in [1.82, 2.24) is 5.32 Å². The number of hydrogen-bond acceptors (Lipinski definition) is 3. The van der Waals surface area contributed by atoms with Crippen molar-refractivity contribution in [3.8, 4) is 0 Å². The summed E-state index contributed by atoms with van der Waals surface area (Å²) in [6, 6.07) is 0. The van der Waals surface area contributed by atoms with Gasteiger partial charge < -0.3 is 5.32 Å². The van der Waals surface area contributed by atoms with E-state index in [2.05, 4.69) is 11.9 Å². The molecule has 0 aliphatic heterocycles. The summed E-state index contributed by atoms with van der Waals surface area (Å²) in [4.78, 5) is 10.9. The molecule has 0 heterocycles. The number of carbonyl (C=O) groups excluding carboxylic acids is 1. The number of nitrogens with one attached hydrogen (secondary N) is 1. The Morgan fingerprint density at radius 1 is 1.47 bits per heavy atom. The summed E-state index contributed by atoms with van der Waals surface area (Å²) in [6.07, 6.45) is 0.948. The molecular formula is C8H16NNaO4S. The molecule has 0 fully saturated rings. The first-order chi connectivity index (χ1) is 6.09. The first kappa shape index (κ1) is 17.5. The predicted octanol–water partition coefficient (Wildman–Crippen LogP) is -0.0999. The number of amides is 1. The Balaban J connectivity index is 0. The van der Waals surface area contributed by atoms with Crippen molar-refractivity contribution in [2.24, 2.45) is 5.41 Å². The van der Waals surface area contributed by atoms with Gasteiger partial charge in [0.1, 0.15) is 0 Å². The predicted molar refractivity (Wildman–Crippen MR) is 60.3 cm³/mol. The van der Waals surface area contributed by atoms with Crippen LogP contribution in [0.15, 0.2) is 12.7 Å². The van der Waals surface area contributed by atoms with Crippen molar-refractivity contribution < 1.29 is 17.8 Å². The third kappa shape index (κ3) is 6.32. The van der Waals surface area contributed by atoms with Crippen molar-refractivity contribution in [2.75, 3.05) is 0 Å². The molecule has 0 bridgehead atoms. The normalized spacial score (nSPS) is 13.6.